The van der Waals surface area contributed by atoms with Crippen molar-refractivity contribution in [3.8, 4) is 0 Å². The van der Waals surface area contributed by atoms with Gasteiger partial charge in [0, 0.05) is 18.3 Å². The third-order valence-corrected chi connectivity index (χ3v) is 17.5. The van der Waals surface area contributed by atoms with Gasteiger partial charge in [-0.15, -0.1) is 0 Å². The van der Waals surface area contributed by atoms with Crippen LogP contribution < -0.4 is 0 Å². The van der Waals surface area contributed by atoms with Crippen LogP contribution in [-0.2, 0) is 13.6 Å². The van der Waals surface area contributed by atoms with Gasteiger partial charge in [0.25, 0.3) is 0 Å². The second-order valence-corrected chi connectivity index (χ2v) is 22.9. The molecule has 0 saturated heterocycles. The van der Waals surface area contributed by atoms with Crippen molar-refractivity contribution in [3.05, 3.63) is 12.2 Å². The van der Waals surface area contributed by atoms with Crippen LogP contribution in [-0.4, -0.2) is 45.8 Å². The molecule has 0 spiro atoms. The molecule has 1 N–H and O–H groups in total. The highest BCUT2D eigenvalue weighted by atomic mass is 28.4. The van der Waals surface area contributed by atoms with Crippen LogP contribution in [0.15, 0.2) is 12.2 Å². The van der Waals surface area contributed by atoms with Crippen molar-refractivity contribution in [2.75, 3.05) is 6.61 Å². The number of aliphatic hydroxyl groups is 1. The predicted octanol–water partition coefficient (Wildman–Crippen LogP) is 7.49. The molecule has 33 heavy (non-hydrogen) atoms. The molecule has 0 amide bonds. The molecule has 4 atom stereocenters. The Morgan fingerprint density at radius 1 is 0.970 bits per heavy atom. The maximum Gasteiger partial charge on any atom is 0.193 e. The Labute approximate surface area is 207 Å². The summed E-state index contributed by atoms with van der Waals surface area (Å²) in [5, 5.41) is 10.2. The van der Waals surface area contributed by atoms with E-state index in [1.807, 2.05) is 0 Å². The van der Waals surface area contributed by atoms with Crippen LogP contribution in [0.25, 0.3) is 0 Å². The van der Waals surface area contributed by atoms with Gasteiger partial charge in [-0.2, -0.15) is 0 Å². The van der Waals surface area contributed by atoms with Crippen LogP contribution in [0.3, 0.4) is 0 Å². The number of ketones is 1. The van der Waals surface area contributed by atoms with E-state index < -0.39 is 16.6 Å². The SMILES string of the molecule is CCCCCC(C)(C=C[C@H]1C(O[Si](C)(C)C(C)(C)C)CC(=O)[C@@H]1CO)O[Si](C)(C)C(C)(C)C. The molecule has 0 radical (unpaired) electrons. The summed E-state index contributed by atoms with van der Waals surface area (Å²) in [6.07, 6.45) is 9.02. The lowest BCUT2D eigenvalue weighted by Crippen LogP contribution is -2.48. The van der Waals surface area contributed by atoms with Crippen LogP contribution in [0, 0.1) is 11.8 Å². The predicted molar refractivity (Wildman–Crippen MR) is 146 cm³/mol. The van der Waals surface area contributed by atoms with E-state index in [0.717, 1.165) is 12.8 Å². The topological polar surface area (TPSA) is 55.8 Å². The molecule has 4 nitrogen and oxygen atoms in total. The maximum atomic E-state index is 12.8. The highest BCUT2D eigenvalue weighted by Crippen LogP contribution is 2.43. The summed E-state index contributed by atoms with van der Waals surface area (Å²) in [6.45, 7) is 26.9. The standard InChI is InChI=1S/C27H54O4Si2/c1-13-14-15-17-27(8,31-33(11,12)26(5,6)7)18-16-21-22(20-28)23(29)19-24(21)30-32(9,10)25(2,3)4/h16,18,21-22,24,28H,13-15,17,19-20H2,1-12H3/t21-,22-,24?,27?/m1/s1. The Bertz CT molecular complexity index is 673. The van der Waals surface area contributed by atoms with Gasteiger partial charge in [-0.3, -0.25) is 4.79 Å². The molecule has 0 bridgehead atoms. The molecule has 0 heterocycles. The van der Waals surface area contributed by atoms with Crippen molar-refractivity contribution in [2.24, 2.45) is 11.8 Å². The van der Waals surface area contributed by atoms with Crippen LogP contribution in [0.2, 0.25) is 36.3 Å². The smallest absolute Gasteiger partial charge is 0.193 e. The monoisotopic (exact) mass is 498 g/mol. The summed E-state index contributed by atoms with van der Waals surface area (Å²) in [5.74, 6) is -0.372. The van der Waals surface area contributed by atoms with Gasteiger partial charge in [-0.05, 0) is 49.6 Å². The Kier molecular flexibility index (Phi) is 10.4. The fourth-order valence-electron chi connectivity index (χ4n) is 4.06. The minimum atomic E-state index is -2.04. The maximum absolute atomic E-state index is 12.8. The first-order chi connectivity index (χ1) is 14.8. The Hall–Kier alpha value is -0.276. The summed E-state index contributed by atoms with van der Waals surface area (Å²) < 4.78 is 13.7. The number of rotatable bonds is 11. The summed E-state index contributed by atoms with van der Waals surface area (Å²) >= 11 is 0. The number of Topliss-reactive ketones (excluding diaryl/α,β-unsaturated/α-hetero) is 1. The van der Waals surface area contributed by atoms with Gasteiger partial charge in [0.1, 0.15) is 5.78 Å². The Morgan fingerprint density at radius 2 is 1.52 bits per heavy atom. The second kappa shape index (κ2) is 11.2. The fourth-order valence-corrected chi connectivity index (χ4v) is 7.05. The van der Waals surface area contributed by atoms with E-state index in [1.165, 1.54) is 12.8 Å². The molecule has 1 rings (SSSR count). The number of carbonyl (C=O) groups is 1. The first-order valence-electron chi connectivity index (χ1n) is 13.0. The zero-order valence-electron chi connectivity index (χ0n) is 23.8. The first-order valence-corrected chi connectivity index (χ1v) is 18.8. The normalized spacial score (nSPS) is 25.1. The van der Waals surface area contributed by atoms with Gasteiger partial charge in [0.15, 0.2) is 16.6 Å². The molecule has 2 unspecified atom stereocenters. The van der Waals surface area contributed by atoms with Crippen molar-refractivity contribution in [2.45, 2.75) is 135 Å². The van der Waals surface area contributed by atoms with Crippen molar-refractivity contribution in [3.63, 3.8) is 0 Å². The lowest BCUT2D eigenvalue weighted by atomic mass is 9.90. The zero-order valence-corrected chi connectivity index (χ0v) is 25.8. The fraction of sp³-hybridized carbons (Fsp3) is 0.889. The highest BCUT2D eigenvalue weighted by molar-refractivity contribution is 6.74. The molecule has 0 aromatic rings. The van der Waals surface area contributed by atoms with Crippen LogP contribution in [0.4, 0.5) is 0 Å². The van der Waals surface area contributed by atoms with Gasteiger partial charge in [0.2, 0.25) is 0 Å². The van der Waals surface area contributed by atoms with E-state index in [4.69, 9.17) is 8.85 Å². The lowest BCUT2D eigenvalue weighted by Gasteiger charge is -2.43. The number of hydrogen-bond acceptors (Lipinski definition) is 4. The van der Waals surface area contributed by atoms with E-state index >= 15 is 0 Å². The first kappa shape index (κ1) is 30.8. The highest BCUT2D eigenvalue weighted by Gasteiger charge is 2.47. The molecule has 194 valence electrons. The summed E-state index contributed by atoms with van der Waals surface area (Å²) in [4.78, 5) is 12.8. The number of hydrogen-bond donors (Lipinski definition) is 1. The molecular formula is C27H54O4Si2. The van der Waals surface area contributed by atoms with E-state index in [1.54, 1.807) is 0 Å². The molecule has 6 heteroatoms. The molecule has 1 aliphatic rings. The van der Waals surface area contributed by atoms with E-state index in [2.05, 4.69) is 93.7 Å². The van der Waals surface area contributed by atoms with E-state index in [-0.39, 0.29) is 46.0 Å². The van der Waals surface area contributed by atoms with Gasteiger partial charge < -0.3 is 14.0 Å². The number of unbranched alkanes of at least 4 members (excludes halogenated alkanes) is 2. The number of aliphatic hydroxyl groups excluding tert-OH is 1. The van der Waals surface area contributed by atoms with Gasteiger partial charge >= 0.3 is 0 Å². The van der Waals surface area contributed by atoms with Gasteiger partial charge in [-0.1, -0.05) is 79.9 Å². The Morgan fingerprint density at radius 3 is 1.97 bits per heavy atom. The quantitative estimate of drug-likeness (QED) is 0.182. The summed E-state index contributed by atoms with van der Waals surface area (Å²) in [5.41, 5.74) is -0.384. The second-order valence-electron chi connectivity index (χ2n) is 13.4. The molecule has 0 aromatic heterocycles. The number of carbonyl (C=O) groups excluding carboxylic acids is 1. The van der Waals surface area contributed by atoms with Crippen molar-refractivity contribution in [1.82, 2.24) is 0 Å². The summed E-state index contributed by atoms with van der Waals surface area (Å²) in [6, 6.07) is 0. The Balaban J connectivity index is 3.27. The van der Waals surface area contributed by atoms with Gasteiger partial charge in [0.05, 0.1) is 18.3 Å². The minimum absolute atomic E-state index is 0.0712. The van der Waals surface area contributed by atoms with E-state index in [9.17, 15) is 9.90 Å². The molecule has 1 aliphatic carbocycles. The van der Waals surface area contributed by atoms with E-state index in [0.29, 0.717) is 6.42 Å². The van der Waals surface area contributed by atoms with Gasteiger partial charge in [-0.25, -0.2) is 0 Å². The molecule has 0 aliphatic heterocycles. The summed E-state index contributed by atoms with van der Waals surface area (Å²) in [7, 11) is -4.03. The van der Waals surface area contributed by atoms with Crippen molar-refractivity contribution in [1.29, 1.82) is 0 Å². The third-order valence-electron chi connectivity index (χ3n) is 8.40. The molecular weight excluding hydrogens is 444 g/mol. The van der Waals surface area contributed by atoms with Crippen molar-refractivity contribution < 1.29 is 18.8 Å². The molecule has 1 saturated carbocycles. The zero-order chi connectivity index (χ0) is 25.9. The lowest BCUT2D eigenvalue weighted by molar-refractivity contribution is -0.122. The van der Waals surface area contributed by atoms with Crippen LogP contribution in [0.5, 0.6) is 0 Å². The average Bonchev–Trinajstić information content (AvgIpc) is 2.91. The third kappa shape index (κ3) is 8.13. The minimum Gasteiger partial charge on any atom is -0.413 e. The van der Waals surface area contributed by atoms with Crippen LogP contribution >= 0.6 is 0 Å². The molecule has 1 fully saturated rings. The average molecular weight is 499 g/mol. The van der Waals surface area contributed by atoms with Crippen LogP contribution in [0.1, 0.15) is 87.5 Å². The van der Waals surface area contributed by atoms with Crippen molar-refractivity contribution >= 4 is 22.4 Å². The molecule has 0 aromatic carbocycles. The largest absolute Gasteiger partial charge is 0.413 e.